The van der Waals surface area contributed by atoms with E-state index in [0.717, 1.165) is 51.8 Å². The summed E-state index contributed by atoms with van der Waals surface area (Å²) in [6.07, 6.45) is 6.62. The average Bonchev–Trinajstić information content (AvgIpc) is 2.89. The van der Waals surface area contributed by atoms with E-state index < -0.39 is 0 Å². The van der Waals surface area contributed by atoms with Gasteiger partial charge >= 0.3 is 0 Å². The molecular weight excluding hydrogens is 344 g/mol. The van der Waals surface area contributed by atoms with Gasteiger partial charge in [0.05, 0.1) is 18.6 Å². The maximum absolute atomic E-state index is 5.50. The molecular formula is C20H31N4OS+. The molecule has 0 saturated carbocycles. The molecule has 2 aliphatic rings. The van der Waals surface area contributed by atoms with Crippen molar-refractivity contribution in [3.8, 4) is 0 Å². The van der Waals surface area contributed by atoms with Gasteiger partial charge in [0.15, 0.2) is 5.82 Å². The first-order valence-electron chi connectivity index (χ1n) is 10.2. The second-order valence-electron chi connectivity index (χ2n) is 7.72. The van der Waals surface area contributed by atoms with Gasteiger partial charge in [-0.25, -0.2) is 9.97 Å². The van der Waals surface area contributed by atoms with Crippen LogP contribution in [-0.4, -0.2) is 49.4 Å². The Morgan fingerprint density at radius 3 is 2.42 bits per heavy atom. The quantitative estimate of drug-likeness (QED) is 0.895. The number of thiophene rings is 1. The van der Waals surface area contributed by atoms with Crippen molar-refractivity contribution in [3.63, 3.8) is 0 Å². The number of rotatable bonds is 3. The van der Waals surface area contributed by atoms with E-state index in [2.05, 4.69) is 18.7 Å². The highest BCUT2D eigenvalue weighted by Crippen LogP contribution is 2.35. The molecule has 142 valence electrons. The molecule has 26 heavy (non-hydrogen) atoms. The molecule has 0 amide bonds. The van der Waals surface area contributed by atoms with Gasteiger partial charge in [0.1, 0.15) is 30.3 Å². The van der Waals surface area contributed by atoms with Crippen LogP contribution in [0.1, 0.15) is 48.4 Å². The third-order valence-electron chi connectivity index (χ3n) is 5.82. The number of aryl methyl sites for hydroxylation is 2. The molecule has 6 heteroatoms. The van der Waals surface area contributed by atoms with Gasteiger partial charge in [-0.1, -0.05) is 19.3 Å². The van der Waals surface area contributed by atoms with Crippen LogP contribution in [0, 0.1) is 13.8 Å². The zero-order chi connectivity index (χ0) is 17.9. The molecule has 0 aromatic carbocycles. The number of hydrogen-bond acceptors (Lipinski definition) is 5. The van der Waals surface area contributed by atoms with Gasteiger partial charge in [-0.05, 0) is 32.3 Å². The summed E-state index contributed by atoms with van der Waals surface area (Å²) >= 11 is 1.83. The number of nitrogens with zero attached hydrogens (tertiary/aromatic N) is 3. The summed E-state index contributed by atoms with van der Waals surface area (Å²) in [5.74, 6) is 2.20. The minimum absolute atomic E-state index is 0.855. The summed E-state index contributed by atoms with van der Waals surface area (Å²) in [6.45, 7) is 11.4. The maximum Gasteiger partial charge on any atom is 0.187 e. The molecule has 2 aliphatic heterocycles. The molecule has 0 radical (unpaired) electrons. The second kappa shape index (κ2) is 8.19. The molecule has 5 nitrogen and oxygen atoms in total. The predicted molar refractivity (Wildman–Crippen MR) is 107 cm³/mol. The summed E-state index contributed by atoms with van der Waals surface area (Å²) in [7, 11) is 0. The Hall–Kier alpha value is -1.24. The first-order chi connectivity index (χ1) is 12.7. The first-order valence-corrected chi connectivity index (χ1v) is 11.0. The van der Waals surface area contributed by atoms with Gasteiger partial charge in [-0.3, -0.25) is 0 Å². The largest absolute Gasteiger partial charge is 0.370 e. The van der Waals surface area contributed by atoms with E-state index in [-0.39, 0.29) is 0 Å². The van der Waals surface area contributed by atoms with Gasteiger partial charge in [-0.2, -0.15) is 0 Å². The minimum Gasteiger partial charge on any atom is -0.370 e. The van der Waals surface area contributed by atoms with Crippen molar-refractivity contribution in [1.29, 1.82) is 0 Å². The van der Waals surface area contributed by atoms with Crippen LogP contribution in [0.15, 0.2) is 0 Å². The lowest BCUT2D eigenvalue weighted by Crippen LogP contribution is -3.12. The van der Waals surface area contributed by atoms with Crippen LogP contribution in [0.2, 0.25) is 0 Å². The summed E-state index contributed by atoms with van der Waals surface area (Å²) in [5, 5.41) is 1.30. The van der Waals surface area contributed by atoms with Gasteiger partial charge < -0.3 is 14.5 Å². The Bertz CT molecular complexity index is 746. The Morgan fingerprint density at radius 2 is 1.69 bits per heavy atom. The predicted octanol–water partition coefficient (Wildman–Crippen LogP) is 2.49. The number of quaternary nitrogens is 1. The topological polar surface area (TPSA) is 42.7 Å². The fourth-order valence-corrected chi connectivity index (χ4v) is 5.14. The molecule has 0 spiro atoms. The highest BCUT2D eigenvalue weighted by Gasteiger charge is 2.22. The number of ether oxygens (including phenoxy) is 1. The van der Waals surface area contributed by atoms with Crippen LogP contribution in [0.25, 0.3) is 10.2 Å². The highest BCUT2D eigenvalue weighted by atomic mass is 32.1. The van der Waals surface area contributed by atoms with E-state index in [1.54, 1.807) is 4.90 Å². The lowest BCUT2D eigenvalue weighted by Gasteiger charge is -2.27. The molecule has 4 rings (SSSR count). The maximum atomic E-state index is 5.50. The molecule has 2 aromatic heterocycles. The van der Waals surface area contributed by atoms with E-state index in [1.165, 1.54) is 58.6 Å². The molecule has 0 aliphatic carbocycles. The van der Waals surface area contributed by atoms with Gasteiger partial charge in [0, 0.05) is 18.0 Å². The van der Waals surface area contributed by atoms with Crippen LogP contribution in [0.3, 0.4) is 0 Å². The molecule has 4 heterocycles. The fraction of sp³-hybridized carbons (Fsp3) is 0.700. The van der Waals surface area contributed by atoms with Crippen LogP contribution in [0.4, 0.5) is 5.82 Å². The second-order valence-corrected chi connectivity index (χ2v) is 8.92. The number of anilines is 1. The zero-order valence-corrected chi connectivity index (χ0v) is 17.0. The Labute approximate surface area is 160 Å². The lowest BCUT2D eigenvalue weighted by atomic mass is 10.1. The van der Waals surface area contributed by atoms with Crippen molar-refractivity contribution in [1.82, 2.24) is 9.97 Å². The van der Waals surface area contributed by atoms with E-state index in [4.69, 9.17) is 14.7 Å². The number of hydrogen-bond donors (Lipinski definition) is 1. The van der Waals surface area contributed by atoms with Crippen LogP contribution < -0.4 is 9.80 Å². The number of fused-ring (bicyclic) bond motifs is 1. The van der Waals surface area contributed by atoms with Crippen LogP contribution >= 0.6 is 11.3 Å². The van der Waals surface area contributed by atoms with Crippen molar-refractivity contribution in [3.05, 3.63) is 16.3 Å². The molecule has 0 bridgehead atoms. The first kappa shape index (κ1) is 18.1. The summed E-state index contributed by atoms with van der Waals surface area (Å²) in [4.78, 5) is 16.7. The SMILES string of the molecule is Cc1sc2nc(C[NH+]3CCOCC3)nc(N3CCCCCCC3)c2c1C. The fourth-order valence-electron chi connectivity index (χ4n) is 4.10. The average molecular weight is 376 g/mol. The zero-order valence-electron chi connectivity index (χ0n) is 16.1. The molecule has 2 aromatic rings. The Morgan fingerprint density at radius 1 is 1.00 bits per heavy atom. The van der Waals surface area contributed by atoms with Crippen molar-refractivity contribution in [2.45, 2.75) is 52.5 Å². The van der Waals surface area contributed by atoms with Crippen molar-refractivity contribution < 1.29 is 9.64 Å². The van der Waals surface area contributed by atoms with Gasteiger partial charge in [0.25, 0.3) is 0 Å². The summed E-state index contributed by atoms with van der Waals surface area (Å²) in [6, 6.07) is 0. The molecule has 0 unspecified atom stereocenters. The van der Waals surface area contributed by atoms with Crippen molar-refractivity contribution >= 4 is 27.4 Å². The van der Waals surface area contributed by atoms with Gasteiger partial charge in [0.2, 0.25) is 0 Å². The van der Waals surface area contributed by atoms with Crippen LogP contribution in [-0.2, 0) is 11.3 Å². The molecule has 0 atom stereocenters. The third-order valence-corrected chi connectivity index (χ3v) is 6.92. The van der Waals surface area contributed by atoms with E-state index >= 15 is 0 Å². The Kier molecular flexibility index (Phi) is 5.72. The molecule has 1 N–H and O–H groups in total. The van der Waals surface area contributed by atoms with E-state index in [0.29, 0.717) is 0 Å². The lowest BCUT2D eigenvalue weighted by molar-refractivity contribution is -0.922. The van der Waals surface area contributed by atoms with E-state index in [9.17, 15) is 0 Å². The normalized spacial score (nSPS) is 20.3. The molecule has 2 saturated heterocycles. The smallest absolute Gasteiger partial charge is 0.187 e. The molecule has 2 fully saturated rings. The third kappa shape index (κ3) is 3.87. The summed E-state index contributed by atoms with van der Waals surface area (Å²) < 4.78 is 5.50. The van der Waals surface area contributed by atoms with E-state index in [1.807, 2.05) is 11.3 Å². The highest BCUT2D eigenvalue weighted by molar-refractivity contribution is 7.18. The Balaban J connectivity index is 1.70. The van der Waals surface area contributed by atoms with Gasteiger partial charge in [-0.15, -0.1) is 11.3 Å². The number of morpholine rings is 1. The summed E-state index contributed by atoms with van der Waals surface area (Å²) in [5.41, 5.74) is 1.37. The minimum atomic E-state index is 0.855. The van der Waals surface area contributed by atoms with Crippen LogP contribution in [0.5, 0.6) is 0 Å². The standard InChI is InChI=1S/C20H30N4OS/c1-15-16(2)26-20-18(15)19(24-8-6-4-3-5-7-9-24)21-17(22-20)14-23-10-12-25-13-11-23/h3-14H2,1-2H3/p+1. The van der Waals surface area contributed by atoms with Crippen molar-refractivity contribution in [2.75, 3.05) is 44.3 Å². The number of aromatic nitrogens is 2. The monoisotopic (exact) mass is 375 g/mol. The number of nitrogens with one attached hydrogen (secondary N) is 1. The van der Waals surface area contributed by atoms with Crippen molar-refractivity contribution in [2.24, 2.45) is 0 Å².